The molecule has 0 amide bonds. The number of hydrogen-bond acceptors (Lipinski definition) is 0. The van der Waals surface area contributed by atoms with E-state index in [2.05, 4.69) is 73.7 Å². The second-order valence-electron chi connectivity index (χ2n) is 9.09. The van der Waals surface area contributed by atoms with Crippen molar-refractivity contribution in [1.82, 2.24) is 0 Å². The Bertz CT molecular complexity index is 1180. The minimum atomic E-state index is 1.15. The summed E-state index contributed by atoms with van der Waals surface area (Å²) in [5, 5.41) is 5.68. The second kappa shape index (κ2) is 8.64. The van der Waals surface area contributed by atoms with Crippen molar-refractivity contribution in [3.8, 4) is 0 Å². The first-order valence-corrected chi connectivity index (χ1v) is 11.8. The van der Waals surface area contributed by atoms with Crippen molar-refractivity contribution in [2.75, 3.05) is 0 Å². The molecular formula is C30H32. The number of aryl methyl sites for hydroxylation is 5. The Hall–Kier alpha value is -2.60. The minimum absolute atomic E-state index is 1.15. The van der Waals surface area contributed by atoms with Crippen molar-refractivity contribution in [3.05, 3.63) is 94.5 Å². The van der Waals surface area contributed by atoms with E-state index in [0.29, 0.717) is 0 Å². The smallest absolute Gasteiger partial charge is 0.0152 e. The number of fused-ring (bicyclic) bond motifs is 3. The van der Waals surface area contributed by atoms with E-state index in [1.54, 1.807) is 11.1 Å². The van der Waals surface area contributed by atoms with Crippen LogP contribution in [0.1, 0.15) is 60.4 Å². The molecule has 0 fully saturated rings. The first-order chi connectivity index (χ1) is 14.8. The average molecular weight is 393 g/mol. The van der Waals surface area contributed by atoms with E-state index in [1.807, 2.05) is 0 Å². The van der Waals surface area contributed by atoms with Gasteiger partial charge in [-0.2, -0.15) is 0 Å². The van der Waals surface area contributed by atoms with Gasteiger partial charge in [0.15, 0.2) is 0 Å². The molecule has 0 heterocycles. The molecule has 0 radical (unpaired) electrons. The molecule has 4 aromatic carbocycles. The largest absolute Gasteiger partial charge is 0.0651 e. The Morgan fingerprint density at radius 2 is 1.33 bits per heavy atom. The molecule has 0 saturated heterocycles. The zero-order valence-electron chi connectivity index (χ0n) is 18.2. The SMILES string of the molecule is CCCc1cccc2cc(CCCc3ccc4cc5c(cc4c3)CCCC5)ccc12. The van der Waals surface area contributed by atoms with Crippen LogP contribution in [0.25, 0.3) is 21.5 Å². The lowest BCUT2D eigenvalue weighted by atomic mass is 9.89. The van der Waals surface area contributed by atoms with Crippen LogP contribution in [-0.4, -0.2) is 0 Å². The topological polar surface area (TPSA) is 0 Å². The molecular weight excluding hydrogens is 360 g/mol. The summed E-state index contributed by atoms with van der Waals surface area (Å²) in [6.45, 7) is 2.26. The molecule has 1 aliphatic carbocycles. The van der Waals surface area contributed by atoms with Gasteiger partial charge in [-0.25, -0.2) is 0 Å². The Morgan fingerprint density at radius 3 is 2.10 bits per heavy atom. The van der Waals surface area contributed by atoms with Crippen molar-refractivity contribution in [3.63, 3.8) is 0 Å². The van der Waals surface area contributed by atoms with Gasteiger partial charge < -0.3 is 0 Å². The molecule has 0 heteroatoms. The lowest BCUT2D eigenvalue weighted by Crippen LogP contribution is -2.02. The van der Waals surface area contributed by atoms with Crippen LogP contribution >= 0.6 is 0 Å². The summed E-state index contributed by atoms with van der Waals surface area (Å²) >= 11 is 0. The second-order valence-corrected chi connectivity index (χ2v) is 9.09. The molecule has 0 bridgehead atoms. The third-order valence-corrected chi connectivity index (χ3v) is 6.85. The normalized spacial score (nSPS) is 13.6. The van der Waals surface area contributed by atoms with Gasteiger partial charge in [-0.05, 0) is 101 Å². The minimum Gasteiger partial charge on any atom is -0.0651 e. The summed E-state index contributed by atoms with van der Waals surface area (Å²) in [6, 6.07) is 25.9. The van der Waals surface area contributed by atoms with Crippen molar-refractivity contribution in [1.29, 1.82) is 0 Å². The predicted octanol–water partition coefficient (Wildman–Crippen LogP) is 8.00. The molecule has 0 spiro atoms. The molecule has 0 N–H and O–H groups in total. The van der Waals surface area contributed by atoms with E-state index >= 15 is 0 Å². The van der Waals surface area contributed by atoms with Gasteiger partial charge in [-0.1, -0.05) is 80.1 Å². The molecule has 0 nitrogen and oxygen atoms in total. The van der Waals surface area contributed by atoms with Gasteiger partial charge in [-0.15, -0.1) is 0 Å². The summed E-state index contributed by atoms with van der Waals surface area (Å²) in [5.41, 5.74) is 7.60. The molecule has 0 aliphatic heterocycles. The van der Waals surface area contributed by atoms with Crippen LogP contribution in [0.15, 0.2) is 66.7 Å². The Kier molecular flexibility index (Phi) is 5.58. The first kappa shape index (κ1) is 19.4. The summed E-state index contributed by atoms with van der Waals surface area (Å²) in [6.07, 6.45) is 11.1. The van der Waals surface area contributed by atoms with Gasteiger partial charge in [-0.3, -0.25) is 0 Å². The zero-order valence-corrected chi connectivity index (χ0v) is 18.2. The highest BCUT2D eigenvalue weighted by Crippen LogP contribution is 2.28. The van der Waals surface area contributed by atoms with E-state index in [4.69, 9.17) is 0 Å². The third kappa shape index (κ3) is 4.01. The van der Waals surface area contributed by atoms with Crippen molar-refractivity contribution < 1.29 is 0 Å². The molecule has 0 unspecified atom stereocenters. The van der Waals surface area contributed by atoms with Gasteiger partial charge in [0.1, 0.15) is 0 Å². The van der Waals surface area contributed by atoms with Crippen LogP contribution < -0.4 is 0 Å². The van der Waals surface area contributed by atoms with E-state index in [1.165, 1.54) is 83.2 Å². The van der Waals surface area contributed by atoms with Crippen molar-refractivity contribution in [2.45, 2.75) is 64.7 Å². The van der Waals surface area contributed by atoms with Crippen molar-refractivity contribution in [2.24, 2.45) is 0 Å². The molecule has 0 saturated carbocycles. The summed E-state index contributed by atoms with van der Waals surface area (Å²) in [5.74, 6) is 0. The van der Waals surface area contributed by atoms with Crippen LogP contribution in [0.4, 0.5) is 0 Å². The quantitative estimate of drug-likeness (QED) is 0.312. The predicted molar refractivity (Wildman–Crippen MR) is 131 cm³/mol. The van der Waals surface area contributed by atoms with Crippen LogP contribution in [0.5, 0.6) is 0 Å². The van der Waals surface area contributed by atoms with Gasteiger partial charge >= 0.3 is 0 Å². The van der Waals surface area contributed by atoms with E-state index in [-0.39, 0.29) is 0 Å². The van der Waals surface area contributed by atoms with Crippen LogP contribution in [0.2, 0.25) is 0 Å². The maximum absolute atomic E-state index is 2.46. The lowest BCUT2D eigenvalue weighted by Gasteiger charge is -2.17. The fourth-order valence-electron chi connectivity index (χ4n) is 5.23. The Morgan fingerprint density at radius 1 is 0.633 bits per heavy atom. The molecule has 5 rings (SSSR count). The molecule has 4 aromatic rings. The van der Waals surface area contributed by atoms with E-state index < -0.39 is 0 Å². The van der Waals surface area contributed by atoms with Crippen LogP contribution in [-0.2, 0) is 32.1 Å². The highest BCUT2D eigenvalue weighted by molar-refractivity contribution is 5.86. The lowest BCUT2D eigenvalue weighted by molar-refractivity contribution is 0.687. The highest BCUT2D eigenvalue weighted by Gasteiger charge is 2.10. The maximum Gasteiger partial charge on any atom is -0.0152 e. The fourth-order valence-corrected chi connectivity index (χ4v) is 5.23. The molecule has 0 aromatic heterocycles. The third-order valence-electron chi connectivity index (χ3n) is 6.85. The van der Waals surface area contributed by atoms with Crippen LogP contribution in [0.3, 0.4) is 0 Å². The number of hydrogen-bond donors (Lipinski definition) is 0. The average Bonchev–Trinajstić information content (AvgIpc) is 2.78. The summed E-state index contributed by atoms with van der Waals surface area (Å²) < 4.78 is 0. The van der Waals surface area contributed by atoms with Gasteiger partial charge in [0.2, 0.25) is 0 Å². The molecule has 1 aliphatic rings. The summed E-state index contributed by atoms with van der Waals surface area (Å²) in [4.78, 5) is 0. The zero-order chi connectivity index (χ0) is 20.3. The molecule has 152 valence electrons. The van der Waals surface area contributed by atoms with Gasteiger partial charge in [0.05, 0.1) is 0 Å². The highest BCUT2D eigenvalue weighted by atomic mass is 14.2. The number of benzene rings is 4. The monoisotopic (exact) mass is 392 g/mol. The first-order valence-electron chi connectivity index (χ1n) is 11.8. The Balaban J connectivity index is 1.28. The van der Waals surface area contributed by atoms with Gasteiger partial charge in [0.25, 0.3) is 0 Å². The summed E-state index contributed by atoms with van der Waals surface area (Å²) in [7, 11) is 0. The number of rotatable bonds is 6. The fraction of sp³-hybridized carbons (Fsp3) is 0.333. The maximum atomic E-state index is 2.46. The van der Waals surface area contributed by atoms with Crippen molar-refractivity contribution >= 4 is 21.5 Å². The van der Waals surface area contributed by atoms with Crippen LogP contribution in [0, 0.1) is 0 Å². The van der Waals surface area contributed by atoms with E-state index in [9.17, 15) is 0 Å². The van der Waals surface area contributed by atoms with E-state index in [0.717, 1.165) is 12.8 Å². The standard InChI is InChI=1S/C30H32/c1-2-7-24-12-6-13-28-18-23(15-17-30(24)28)9-5-8-22-14-16-27-20-25-10-3-4-11-26(25)21-29(27)19-22/h6,12-21H,2-5,7-11H2,1H3. The van der Waals surface area contributed by atoms with Gasteiger partial charge in [0, 0.05) is 0 Å². The molecule has 30 heavy (non-hydrogen) atoms. The Labute approximate surface area is 180 Å². The molecule has 0 atom stereocenters.